The van der Waals surface area contributed by atoms with Crippen molar-refractivity contribution in [1.29, 1.82) is 0 Å². The van der Waals surface area contributed by atoms with E-state index in [1.165, 1.54) is 30.5 Å². The average molecular weight is 319 g/mol. The van der Waals surface area contributed by atoms with Crippen molar-refractivity contribution in [2.24, 2.45) is 0 Å². The van der Waals surface area contributed by atoms with Gasteiger partial charge in [-0.15, -0.1) is 0 Å². The minimum Gasteiger partial charge on any atom is -0.338 e. The standard InChI is InChI=1S/C11H8Cl2N2O3S/c12-7-5-8(13)11(14-6-7)15-9-3-1-2-4-10(9)19(16,17)18/h1-6H,(H,14,15)(H,16,17,18). The van der Waals surface area contributed by atoms with Crippen LogP contribution in [0.2, 0.25) is 10.0 Å². The van der Waals surface area contributed by atoms with Crippen LogP contribution in [-0.2, 0) is 10.1 Å². The highest BCUT2D eigenvalue weighted by Gasteiger charge is 2.15. The first-order valence-corrected chi connectivity index (χ1v) is 7.22. The van der Waals surface area contributed by atoms with Gasteiger partial charge in [-0.25, -0.2) is 4.98 Å². The van der Waals surface area contributed by atoms with Gasteiger partial charge in [0.2, 0.25) is 0 Å². The van der Waals surface area contributed by atoms with E-state index in [0.29, 0.717) is 5.02 Å². The Kier molecular flexibility index (Phi) is 3.96. The normalized spacial score (nSPS) is 11.3. The maximum Gasteiger partial charge on any atom is 0.296 e. The molecule has 0 radical (unpaired) electrons. The summed E-state index contributed by atoms with van der Waals surface area (Å²) in [6.07, 6.45) is 1.37. The smallest absolute Gasteiger partial charge is 0.296 e. The molecule has 5 nitrogen and oxygen atoms in total. The lowest BCUT2D eigenvalue weighted by molar-refractivity contribution is 0.483. The van der Waals surface area contributed by atoms with E-state index in [1.807, 2.05) is 0 Å². The Hall–Kier alpha value is -1.34. The number of hydrogen-bond donors (Lipinski definition) is 2. The van der Waals surface area contributed by atoms with Gasteiger partial charge in [-0.3, -0.25) is 4.55 Å². The summed E-state index contributed by atoms with van der Waals surface area (Å²) >= 11 is 11.6. The average Bonchev–Trinajstić information content (AvgIpc) is 2.32. The number of anilines is 2. The molecule has 0 unspecified atom stereocenters. The van der Waals surface area contributed by atoms with Crippen molar-refractivity contribution in [2.45, 2.75) is 4.90 Å². The third kappa shape index (κ3) is 3.36. The molecule has 0 saturated carbocycles. The van der Waals surface area contributed by atoms with E-state index in [4.69, 9.17) is 27.8 Å². The summed E-state index contributed by atoms with van der Waals surface area (Å²) in [7, 11) is -4.33. The van der Waals surface area contributed by atoms with Crippen molar-refractivity contribution < 1.29 is 13.0 Å². The van der Waals surface area contributed by atoms with Gasteiger partial charge in [-0.2, -0.15) is 8.42 Å². The van der Waals surface area contributed by atoms with Gasteiger partial charge in [0.1, 0.15) is 10.7 Å². The number of benzene rings is 1. The highest BCUT2D eigenvalue weighted by molar-refractivity contribution is 7.86. The van der Waals surface area contributed by atoms with Crippen LogP contribution in [0.15, 0.2) is 41.4 Å². The molecule has 0 fully saturated rings. The molecule has 19 heavy (non-hydrogen) atoms. The Morgan fingerprint density at radius 1 is 1.21 bits per heavy atom. The third-order valence-corrected chi connectivity index (χ3v) is 3.63. The highest BCUT2D eigenvalue weighted by Crippen LogP contribution is 2.28. The molecule has 0 amide bonds. The van der Waals surface area contributed by atoms with Crippen molar-refractivity contribution >= 4 is 44.8 Å². The lowest BCUT2D eigenvalue weighted by atomic mass is 10.3. The van der Waals surface area contributed by atoms with E-state index in [1.54, 1.807) is 6.07 Å². The monoisotopic (exact) mass is 318 g/mol. The van der Waals surface area contributed by atoms with Gasteiger partial charge in [0.05, 0.1) is 15.7 Å². The summed E-state index contributed by atoms with van der Waals surface area (Å²) < 4.78 is 31.6. The van der Waals surface area contributed by atoms with Gasteiger partial charge in [0.25, 0.3) is 10.1 Å². The van der Waals surface area contributed by atoms with Crippen LogP contribution in [0.25, 0.3) is 0 Å². The maximum absolute atomic E-state index is 11.2. The van der Waals surface area contributed by atoms with E-state index in [2.05, 4.69) is 10.3 Å². The topological polar surface area (TPSA) is 79.3 Å². The Bertz CT molecular complexity index is 720. The molecule has 0 spiro atoms. The lowest BCUT2D eigenvalue weighted by Gasteiger charge is -2.10. The molecule has 0 aliphatic carbocycles. The molecule has 0 bridgehead atoms. The number of rotatable bonds is 3. The maximum atomic E-state index is 11.2. The van der Waals surface area contributed by atoms with Gasteiger partial charge in [-0.05, 0) is 18.2 Å². The Labute approximate surface area is 119 Å². The summed E-state index contributed by atoms with van der Waals surface area (Å²) in [6.45, 7) is 0. The van der Waals surface area contributed by atoms with E-state index in [-0.39, 0.29) is 21.4 Å². The van der Waals surface area contributed by atoms with Gasteiger partial charge in [0, 0.05) is 6.20 Å². The molecule has 0 aliphatic rings. The van der Waals surface area contributed by atoms with Crippen LogP contribution >= 0.6 is 23.2 Å². The molecule has 0 aliphatic heterocycles. The fraction of sp³-hybridized carbons (Fsp3) is 0. The van der Waals surface area contributed by atoms with Crippen LogP contribution in [0.3, 0.4) is 0 Å². The van der Waals surface area contributed by atoms with Crippen LogP contribution < -0.4 is 5.32 Å². The molecule has 2 N–H and O–H groups in total. The van der Waals surface area contributed by atoms with E-state index in [9.17, 15) is 8.42 Å². The largest absolute Gasteiger partial charge is 0.338 e. The second kappa shape index (κ2) is 5.34. The number of nitrogens with zero attached hydrogens (tertiary/aromatic N) is 1. The van der Waals surface area contributed by atoms with Crippen LogP contribution in [0.5, 0.6) is 0 Å². The highest BCUT2D eigenvalue weighted by atomic mass is 35.5. The molecular formula is C11H8Cl2N2O3S. The van der Waals surface area contributed by atoms with Crippen molar-refractivity contribution in [2.75, 3.05) is 5.32 Å². The van der Waals surface area contributed by atoms with Crippen LogP contribution in [0.1, 0.15) is 0 Å². The van der Waals surface area contributed by atoms with Gasteiger partial charge >= 0.3 is 0 Å². The zero-order chi connectivity index (χ0) is 14.0. The van der Waals surface area contributed by atoms with Crippen LogP contribution in [-0.4, -0.2) is 18.0 Å². The number of aromatic nitrogens is 1. The lowest BCUT2D eigenvalue weighted by Crippen LogP contribution is -2.04. The van der Waals surface area contributed by atoms with E-state index in [0.717, 1.165) is 0 Å². The molecule has 2 rings (SSSR count). The van der Waals surface area contributed by atoms with E-state index < -0.39 is 10.1 Å². The molecule has 0 atom stereocenters. The fourth-order valence-corrected chi connectivity index (χ4v) is 2.50. The number of hydrogen-bond acceptors (Lipinski definition) is 4. The SMILES string of the molecule is O=S(=O)(O)c1ccccc1Nc1ncc(Cl)cc1Cl. The van der Waals surface area contributed by atoms with Crippen LogP contribution in [0.4, 0.5) is 11.5 Å². The van der Waals surface area contributed by atoms with Crippen LogP contribution in [0, 0.1) is 0 Å². The van der Waals surface area contributed by atoms with Gasteiger partial charge < -0.3 is 5.32 Å². The number of halogens is 2. The molecule has 100 valence electrons. The summed E-state index contributed by atoms with van der Waals surface area (Å²) in [5, 5.41) is 3.33. The zero-order valence-corrected chi connectivity index (χ0v) is 11.7. The molecule has 0 saturated heterocycles. The Morgan fingerprint density at radius 3 is 2.53 bits per heavy atom. The van der Waals surface area contributed by atoms with Crippen molar-refractivity contribution in [1.82, 2.24) is 4.98 Å². The predicted molar refractivity (Wildman–Crippen MR) is 73.8 cm³/mol. The summed E-state index contributed by atoms with van der Waals surface area (Å²) in [5.41, 5.74) is 0.168. The Morgan fingerprint density at radius 2 is 1.89 bits per heavy atom. The van der Waals surface area contributed by atoms with E-state index >= 15 is 0 Å². The molecule has 8 heteroatoms. The second-order valence-corrected chi connectivity index (χ2v) is 5.81. The summed E-state index contributed by atoms with van der Waals surface area (Å²) in [4.78, 5) is 3.68. The quantitative estimate of drug-likeness (QED) is 0.848. The number of nitrogens with one attached hydrogen (secondary N) is 1. The minimum absolute atomic E-state index is 0.168. The van der Waals surface area contributed by atoms with Gasteiger partial charge in [0.15, 0.2) is 0 Å². The molecular weight excluding hydrogens is 311 g/mol. The molecule has 2 aromatic rings. The zero-order valence-electron chi connectivity index (χ0n) is 9.34. The number of pyridine rings is 1. The van der Waals surface area contributed by atoms with Crippen molar-refractivity contribution in [3.05, 3.63) is 46.6 Å². The first-order valence-electron chi connectivity index (χ1n) is 5.02. The molecule has 1 heterocycles. The van der Waals surface area contributed by atoms with Crippen molar-refractivity contribution in [3.63, 3.8) is 0 Å². The first kappa shape index (κ1) is 14.1. The first-order chi connectivity index (χ1) is 8.88. The molecule has 1 aromatic carbocycles. The minimum atomic E-state index is -4.33. The third-order valence-electron chi connectivity index (χ3n) is 2.23. The summed E-state index contributed by atoms with van der Waals surface area (Å²) in [6, 6.07) is 7.32. The van der Waals surface area contributed by atoms with Gasteiger partial charge in [-0.1, -0.05) is 35.3 Å². The summed E-state index contributed by atoms with van der Waals surface area (Å²) in [5.74, 6) is 0.238. The number of para-hydroxylation sites is 1. The van der Waals surface area contributed by atoms with Crippen molar-refractivity contribution in [3.8, 4) is 0 Å². The predicted octanol–water partition coefficient (Wildman–Crippen LogP) is 3.38. The molecule has 1 aromatic heterocycles. The Balaban J connectivity index is 2.44. The fourth-order valence-electron chi connectivity index (χ4n) is 1.43. The second-order valence-electron chi connectivity index (χ2n) is 3.58.